The molecule has 0 atom stereocenters. The van der Waals surface area contributed by atoms with Gasteiger partial charge in [-0.15, -0.1) is 4.68 Å². The summed E-state index contributed by atoms with van der Waals surface area (Å²) in [6.07, 6.45) is 2.32. The van der Waals surface area contributed by atoms with Crippen LogP contribution in [0, 0.1) is 10.1 Å². The van der Waals surface area contributed by atoms with Crippen LogP contribution in [0.15, 0.2) is 69.4 Å². The summed E-state index contributed by atoms with van der Waals surface area (Å²) >= 11 is 6.33. The van der Waals surface area contributed by atoms with Gasteiger partial charge < -0.3 is 14.5 Å². The van der Waals surface area contributed by atoms with E-state index in [9.17, 15) is 19.7 Å². The van der Waals surface area contributed by atoms with E-state index >= 15 is 0 Å². The van der Waals surface area contributed by atoms with Gasteiger partial charge in [-0.3, -0.25) is 14.9 Å². The van der Waals surface area contributed by atoms with Gasteiger partial charge in [-0.05, 0) is 29.8 Å². The fourth-order valence-electron chi connectivity index (χ4n) is 2.94. The molecule has 12 heteroatoms. The van der Waals surface area contributed by atoms with Gasteiger partial charge in [0.05, 0.1) is 34.2 Å². The fraction of sp³-hybridized carbons (Fsp3) is 0.0476. The highest BCUT2D eigenvalue weighted by atomic mass is 35.5. The second kappa shape index (κ2) is 8.93. The molecule has 1 N–H and O–H groups in total. The SMILES string of the molecule is COc1cc(C=Nn2c(=O)[nH]c3ccccc3c2=O)cc(Cl)c1Oc1ccc([N+](=O)[O-])cn1. The van der Waals surface area contributed by atoms with E-state index in [1.165, 1.54) is 37.6 Å². The van der Waals surface area contributed by atoms with E-state index in [0.717, 1.165) is 6.20 Å². The number of pyridine rings is 1. The Morgan fingerprint density at radius 1 is 1.21 bits per heavy atom. The average molecular weight is 468 g/mol. The third kappa shape index (κ3) is 4.43. The summed E-state index contributed by atoms with van der Waals surface area (Å²) in [6.45, 7) is 0. The van der Waals surface area contributed by atoms with E-state index in [0.29, 0.717) is 21.1 Å². The first-order valence-corrected chi connectivity index (χ1v) is 9.69. The van der Waals surface area contributed by atoms with Crippen molar-refractivity contribution >= 4 is 34.4 Å². The third-order valence-electron chi connectivity index (χ3n) is 4.50. The highest BCUT2D eigenvalue weighted by Gasteiger charge is 2.15. The standard InChI is InChI=1S/C21H14ClN5O6/c1-32-17-9-12(8-15(22)19(17)33-18-7-6-13(11-23-18)27(30)31)10-24-26-20(28)14-4-2-3-5-16(14)25-21(26)29/h2-11H,1H3,(H,25,29). The number of rotatable bonds is 6. The number of nitrogens with one attached hydrogen (secondary N) is 1. The van der Waals surface area contributed by atoms with Crippen LogP contribution in [0.2, 0.25) is 5.02 Å². The molecular weight excluding hydrogens is 454 g/mol. The summed E-state index contributed by atoms with van der Waals surface area (Å²) in [7, 11) is 1.39. The van der Waals surface area contributed by atoms with Gasteiger partial charge in [0, 0.05) is 12.1 Å². The lowest BCUT2D eigenvalue weighted by Gasteiger charge is -2.12. The molecule has 0 saturated carbocycles. The summed E-state index contributed by atoms with van der Waals surface area (Å²) in [5.41, 5.74) is -0.638. The van der Waals surface area contributed by atoms with Crippen LogP contribution in [0.4, 0.5) is 5.69 Å². The van der Waals surface area contributed by atoms with Crippen LogP contribution in [0.3, 0.4) is 0 Å². The van der Waals surface area contributed by atoms with Gasteiger partial charge in [0.25, 0.3) is 11.2 Å². The van der Waals surface area contributed by atoms with E-state index in [-0.39, 0.29) is 28.1 Å². The summed E-state index contributed by atoms with van der Waals surface area (Å²) in [5, 5.41) is 15.2. The van der Waals surface area contributed by atoms with Crippen molar-refractivity contribution in [1.29, 1.82) is 0 Å². The predicted octanol–water partition coefficient (Wildman–Crippen LogP) is 3.33. The fourth-order valence-corrected chi connectivity index (χ4v) is 3.20. The molecule has 0 unspecified atom stereocenters. The van der Waals surface area contributed by atoms with Crippen LogP contribution in [-0.4, -0.2) is 32.9 Å². The monoisotopic (exact) mass is 467 g/mol. The number of nitro groups is 1. The lowest BCUT2D eigenvalue weighted by atomic mass is 10.2. The third-order valence-corrected chi connectivity index (χ3v) is 4.78. The zero-order chi connectivity index (χ0) is 23.5. The van der Waals surface area contributed by atoms with Crippen molar-refractivity contribution in [2.75, 3.05) is 7.11 Å². The van der Waals surface area contributed by atoms with Crippen LogP contribution in [-0.2, 0) is 0 Å². The number of benzene rings is 2. The molecule has 0 spiro atoms. The largest absolute Gasteiger partial charge is 0.493 e. The lowest BCUT2D eigenvalue weighted by molar-refractivity contribution is -0.385. The van der Waals surface area contributed by atoms with Crippen LogP contribution < -0.4 is 20.7 Å². The van der Waals surface area contributed by atoms with Crippen molar-refractivity contribution in [1.82, 2.24) is 14.6 Å². The number of para-hydroxylation sites is 1. The number of nitrogens with zero attached hydrogens (tertiary/aromatic N) is 4. The Hall–Kier alpha value is -4.51. The molecule has 166 valence electrons. The Labute approximate surface area is 189 Å². The molecule has 2 heterocycles. The van der Waals surface area contributed by atoms with Crippen molar-refractivity contribution in [3.05, 3.63) is 96.3 Å². The van der Waals surface area contributed by atoms with Crippen molar-refractivity contribution in [2.24, 2.45) is 5.10 Å². The minimum atomic E-state index is -0.697. The highest BCUT2D eigenvalue weighted by molar-refractivity contribution is 6.32. The van der Waals surface area contributed by atoms with Crippen molar-refractivity contribution in [3.63, 3.8) is 0 Å². The number of halogens is 1. The summed E-state index contributed by atoms with van der Waals surface area (Å²) < 4.78 is 11.6. The van der Waals surface area contributed by atoms with Gasteiger partial charge in [0.15, 0.2) is 11.5 Å². The Bertz CT molecular complexity index is 1510. The van der Waals surface area contributed by atoms with Crippen LogP contribution in [0.5, 0.6) is 17.4 Å². The molecule has 11 nitrogen and oxygen atoms in total. The number of hydrogen-bond donors (Lipinski definition) is 1. The Morgan fingerprint density at radius 2 is 2.00 bits per heavy atom. The van der Waals surface area contributed by atoms with E-state index in [1.807, 2.05) is 0 Å². The van der Waals surface area contributed by atoms with Crippen molar-refractivity contribution in [2.45, 2.75) is 0 Å². The lowest BCUT2D eigenvalue weighted by Crippen LogP contribution is -2.32. The number of fused-ring (bicyclic) bond motifs is 1. The molecule has 2 aromatic heterocycles. The number of aromatic amines is 1. The molecule has 4 rings (SSSR count). The summed E-state index contributed by atoms with van der Waals surface area (Å²) in [6, 6.07) is 12.1. The van der Waals surface area contributed by atoms with Gasteiger partial charge >= 0.3 is 5.69 Å². The van der Waals surface area contributed by atoms with E-state index in [4.69, 9.17) is 21.1 Å². The first-order chi connectivity index (χ1) is 15.9. The number of hydrogen-bond acceptors (Lipinski definition) is 8. The molecule has 0 aliphatic rings. The minimum absolute atomic E-state index is 0.0662. The molecule has 0 saturated heterocycles. The predicted molar refractivity (Wildman–Crippen MR) is 121 cm³/mol. The zero-order valence-electron chi connectivity index (χ0n) is 16.9. The van der Waals surface area contributed by atoms with Crippen LogP contribution in [0.25, 0.3) is 10.9 Å². The second-order valence-electron chi connectivity index (χ2n) is 6.59. The maximum Gasteiger partial charge on any atom is 0.349 e. The number of ether oxygens (including phenoxy) is 2. The quantitative estimate of drug-likeness (QED) is 0.260. The van der Waals surface area contributed by atoms with Crippen molar-refractivity contribution < 1.29 is 14.4 Å². The number of methoxy groups -OCH3 is 1. The average Bonchev–Trinajstić information content (AvgIpc) is 2.80. The zero-order valence-corrected chi connectivity index (χ0v) is 17.6. The van der Waals surface area contributed by atoms with Gasteiger partial charge in [-0.2, -0.15) is 5.10 Å². The summed E-state index contributed by atoms with van der Waals surface area (Å²) in [4.78, 5) is 41.5. The van der Waals surface area contributed by atoms with E-state index in [1.54, 1.807) is 24.3 Å². The second-order valence-corrected chi connectivity index (χ2v) is 6.99. The van der Waals surface area contributed by atoms with Gasteiger partial charge in [0.2, 0.25) is 5.88 Å². The van der Waals surface area contributed by atoms with Gasteiger partial charge in [0.1, 0.15) is 6.20 Å². The molecule has 2 aromatic carbocycles. The van der Waals surface area contributed by atoms with Crippen molar-refractivity contribution in [3.8, 4) is 17.4 Å². The Kier molecular flexibility index (Phi) is 5.87. The molecule has 0 bridgehead atoms. The Balaban J connectivity index is 1.66. The number of H-pyrrole nitrogens is 1. The first kappa shape index (κ1) is 21.7. The molecule has 0 aliphatic carbocycles. The summed E-state index contributed by atoms with van der Waals surface area (Å²) in [5.74, 6) is 0.402. The van der Waals surface area contributed by atoms with Gasteiger partial charge in [-0.25, -0.2) is 9.78 Å². The maximum atomic E-state index is 12.6. The van der Waals surface area contributed by atoms with Crippen LogP contribution in [0.1, 0.15) is 5.56 Å². The topological polar surface area (TPSA) is 142 Å². The van der Waals surface area contributed by atoms with E-state index < -0.39 is 16.2 Å². The molecule has 0 fully saturated rings. The molecule has 0 amide bonds. The molecular formula is C21H14ClN5O6. The Morgan fingerprint density at radius 3 is 2.70 bits per heavy atom. The number of aromatic nitrogens is 3. The maximum absolute atomic E-state index is 12.6. The normalized spacial score (nSPS) is 11.1. The molecule has 0 radical (unpaired) electrons. The molecule has 0 aliphatic heterocycles. The minimum Gasteiger partial charge on any atom is -0.493 e. The van der Waals surface area contributed by atoms with Gasteiger partial charge in [-0.1, -0.05) is 23.7 Å². The smallest absolute Gasteiger partial charge is 0.349 e. The highest BCUT2D eigenvalue weighted by Crippen LogP contribution is 2.38. The van der Waals surface area contributed by atoms with E-state index in [2.05, 4.69) is 15.1 Å². The van der Waals surface area contributed by atoms with Crippen LogP contribution >= 0.6 is 11.6 Å². The molecule has 33 heavy (non-hydrogen) atoms. The molecule has 4 aromatic rings. The first-order valence-electron chi connectivity index (χ1n) is 9.31.